The molecule has 0 aliphatic carbocycles. The van der Waals surface area contributed by atoms with E-state index in [0.717, 1.165) is 62.5 Å². The molecule has 0 saturated carbocycles. The van der Waals surface area contributed by atoms with Crippen LogP contribution in [0.25, 0.3) is 0 Å². The second kappa shape index (κ2) is 11.5. The van der Waals surface area contributed by atoms with E-state index in [0.29, 0.717) is 19.6 Å². The molecule has 34 heavy (non-hydrogen) atoms. The van der Waals surface area contributed by atoms with Crippen LogP contribution in [0, 0.1) is 13.8 Å². The molecule has 6 heteroatoms. The van der Waals surface area contributed by atoms with E-state index in [9.17, 15) is 5.11 Å². The standard InChI is InChI=1S/C28H37N3O3/c1-23-9-10-27(24(2)19-23)34-22-28(32)11-4-14-30(17-12-28)21-25-7-3-8-26(20-25)33-18-6-16-31-15-5-13-29-31/h3,5,7-10,13,15,19-20,32H,4,6,11-12,14,16-18,21-22H2,1-2H3/t28-/m0/s1. The molecule has 4 rings (SSSR count). The fourth-order valence-electron chi connectivity index (χ4n) is 4.55. The number of aryl methyl sites for hydroxylation is 3. The SMILES string of the molecule is Cc1ccc(OC[C@]2(O)CCCN(Cc3cccc(OCCCn4cccn4)c3)CC2)c(C)c1. The minimum Gasteiger partial charge on any atom is -0.494 e. The van der Waals surface area contributed by atoms with Gasteiger partial charge in [0, 0.05) is 38.4 Å². The Morgan fingerprint density at radius 3 is 2.76 bits per heavy atom. The highest BCUT2D eigenvalue weighted by Gasteiger charge is 2.31. The summed E-state index contributed by atoms with van der Waals surface area (Å²) in [5, 5.41) is 15.4. The predicted molar refractivity (Wildman–Crippen MR) is 134 cm³/mol. The van der Waals surface area contributed by atoms with Crippen molar-refractivity contribution in [3.8, 4) is 11.5 Å². The second-order valence-corrected chi connectivity index (χ2v) is 9.53. The first kappa shape index (κ1) is 24.3. The highest BCUT2D eigenvalue weighted by molar-refractivity contribution is 5.35. The Morgan fingerprint density at radius 2 is 1.94 bits per heavy atom. The first-order valence-electron chi connectivity index (χ1n) is 12.3. The number of aliphatic hydroxyl groups is 1. The number of aromatic nitrogens is 2. The Bertz CT molecular complexity index is 1040. The first-order valence-corrected chi connectivity index (χ1v) is 12.3. The molecule has 3 aromatic rings. The van der Waals surface area contributed by atoms with E-state index in [1.165, 1.54) is 11.1 Å². The quantitative estimate of drug-likeness (QED) is 0.439. The monoisotopic (exact) mass is 463 g/mol. The summed E-state index contributed by atoms with van der Waals surface area (Å²) in [6.07, 6.45) is 7.11. The largest absolute Gasteiger partial charge is 0.494 e. The van der Waals surface area contributed by atoms with Gasteiger partial charge in [-0.15, -0.1) is 0 Å². The highest BCUT2D eigenvalue weighted by atomic mass is 16.5. The molecule has 182 valence electrons. The summed E-state index contributed by atoms with van der Waals surface area (Å²) in [5.74, 6) is 1.77. The summed E-state index contributed by atoms with van der Waals surface area (Å²) in [6.45, 7) is 8.68. The van der Waals surface area contributed by atoms with Crippen molar-refractivity contribution in [1.82, 2.24) is 14.7 Å². The van der Waals surface area contributed by atoms with Crippen molar-refractivity contribution in [3.63, 3.8) is 0 Å². The summed E-state index contributed by atoms with van der Waals surface area (Å²) >= 11 is 0. The lowest BCUT2D eigenvalue weighted by Crippen LogP contribution is -2.37. The Labute approximate surface area is 203 Å². The van der Waals surface area contributed by atoms with E-state index in [1.807, 2.05) is 29.1 Å². The lowest BCUT2D eigenvalue weighted by Gasteiger charge is -2.27. The van der Waals surface area contributed by atoms with Crippen molar-refractivity contribution in [3.05, 3.63) is 77.6 Å². The van der Waals surface area contributed by atoms with Crippen LogP contribution in [0.3, 0.4) is 0 Å². The van der Waals surface area contributed by atoms with Gasteiger partial charge in [0.2, 0.25) is 0 Å². The number of ether oxygens (including phenoxy) is 2. The van der Waals surface area contributed by atoms with Crippen LogP contribution >= 0.6 is 0 Å². The van der Waals surface area contributed by atoms with E-state index >= 15 is 0 Å². The third-order valence-corrected chi connectivity index (χ3v) is 6.50. The lowest BCUT2D eigenvalue weighted by atomic mass is 9.96. The van der Waals surface area contributed by atoms with Crippen molar-refractivity contribution in [1.29, 1.82) is 0 Å². The summed E-state index contributed by atoms with van der Waals surface area (Å²) in [7, 11) is 0. The van der Waals surface area contributed by atoms with E-state index < -0.39 is 5.60 Å². The maximum absolute atomic E-state index is 11.2. The van der Waals surface area contributed by atoms with Gasteiger partial charge >= 0.3 is 0 Å². The number of likely N-dealkylation sites (tertiary alicyclic amines) is 1. The van der Waals surface area contributed by atoms with Crippen LogP contribution in [0.4, 0.5) is 0 Å². The van der Waals surface area contributed by atoms with Crippen LogP contribution in [0.2, 0.25) is 0 Å². The van der Waals surface area contributed by atoms with Gasteiger partial charge in [0.15, 0.2) is 0 Å². The summed E-state index contributed by atoms with van der Waals surface area (Å²) < 4.78 is 13.9. The van der Waals surface area contributed by atoms with Gasteiger partial charge in [-0.1, -0.05) is 29.8 Å². The molecule has 1 aromatic heterocycles. The number of hydrogen-bond acceptors (Lipinski definition) is 5. The maximum Gasteiger partial charge on any atom is 0.122 e. The molecule has 1 atom stereocenters. The molecule has 2 aromatic carbocycles. The first-order chi connectivity index (χ1) is 16.5. The summed E-state index contributed by atoms with van der Waals surface area (Å²) in [5.41, 5.74) is 2.78. The van der Waals surface area contributed by atoms with Gasteiger partial charge < -0.3 is 14.6 Å². The minimum absolute atomic E-state index is 0.340. The van der Waals surface area contributed by atoms with Crippen molar-refractivity contribution < 1.29 is 14.6 Å². The Balaban J connectivity index is 1.24. The van der Waals surface area contributed by atoms with Crippen molar-refractivity contribution in [2.24, 2.45) is 0 Å². The molecule has 1 aliphatic heterocycles. The molecule has 1 N–H and O–H groups in total. The van der Waals surface area contributed by atoms with Crippen LogP contribution in [-0.2, 0) is 13.1 Å². The van der Waals surface area contributed by atoms with Gasteiger partial charge in [-0.3, -0.25) is 9.58 Å². The van der Waals surface area contributed by atoms with Gasteiger partial charge in [0.05, 0.1) is 12.2 Å². The molecule has 6 nitrogen and oxygen atoms in total. The average Bonchev–Trinajstić information content (AvgIpc) is 3.27. The molecule has 0 radical (unpaired) electrons. The highest BCUT2D eigenvalue weighted by Crippen LogP contribution is 2.27. The lowest BCUT2D eigenvalue weighted by molar-refractivity contribution is -0.0170. The number of nitrogens with zero attached hydrogens (tertiary/aromatic N) is 3. The van der Waals surface area contributed by atoms with Gasteiger partial charge in [0.25, 0.3) is 0 Å². The topological polar surface area (TPSA) is 59.8 Å². The zero-order valence-corrected chi connectivity index (χ0v) is 20.4. The third-order valence-electron chi connectivity index (χ3n) is 6.50. The van der Waals surface area contributed by atoms with Crippen LogP contribution < -0.4 is 9.47 Å². The molecule has 1 fully saturated rings. The fraction of sp³-hybridized carbons (Fsp3) is 0.464. The molecule has 0 spiro atoms. The minimum atomic E-state index is -0.786. The number of rotatable bonds is 10. The predicted octanol–water partition coefficient (Wildman–Crippen LogP) is 4.77. The van der Waals surface area contributed by atoms with Crippen LogP contribution in [0.5, 0.6) is 11.5 Å². The molecular formula is C28H37N3O3. The number of benzene rings is 2. The zero-order valence-electron chi connectivity index (χ0n) is 20.4. The van der Waals surface area contributed by atoms with E-state index in [2.05, 4.69) is 54.2 Å². The van der Waals surface area contributed by atoms with E-state index in [4.69, 9.17) is 9.47 Å². The molecule has 0 unspecified atom stereocenters. The Morgan fingerprint density at radius 1 is 1.03 bits per heavy atom. The number of hydrogen-bond donors (Lipinski definition) is 1. The Hall–Kier alpha value is -2.83. The average molecular weight is 464 g/mol. The van der Waals surface area contributed by atoms with E-state index in [1.54, 1.807) is 6.20 Å². The van der Waals surface area contributed by atoms with Gasteiger partial charge in [-0.2, -0.15) is 5.10 Å². The molecular weight excluding hydrogens is 426 g/mol. The molecule has 2 heterocycles. The normalized spacial score (nSPS) is 19.0. The van der Waals surface area contributed by atoms with Gasteiger partial charge in [-0.25, -0.2) is 0 Å². The molecule has 0 bridgehead atoms. The Kier molecular flexibility index (Phi) is 8.25. The van der Waals surface area contributed by atoms with Crippen molar-refractivity contribution >= 4 is 0 Å². The van der Waals surface area contributed by atoms with Crippen molar-refractivity contribution in [2.75, 3.05) is 26.3 Å². The van der Waals surface area contributed by atoms with Crippen LogP contribution in [-0.4, -0.2) is 51.7 Å². The second-order valence-electron chi connectivity index (χ2n) is 9.53. The fourth-order valence-corrected chi connectivity index (χ4v) is 4.55. The maximum atomic E-state index is 11.2. The summed E-state index contributed by atoms with van der Waals surface area (Å²) in [6, 6.07) is 16.5. The molecule has 1 saturated heterocycles. The third kappa shape index (κ3) is 7.08. The molecule has 0 amide bonds. The van der Waals surface area contributed by atoms with Gasteiger partial charge in [0.1, 0.15) is 18.1 Å². The van der Waals surface area contributed by atoms with Crippen LogP contribution in [0.15, 0.2) is 60.9 Å². The summed E-state index contributed by atoms with van der Waals surface area (Å²) in [4.78, 5) is 2.42. The zero-order chi connectivity index (χ0) is 23.8. The van der Waals surface area contributed by atoms with Crippen molar-refractivity contribution in [2.45, 2.75) is 58.2 Å². The van der Waals surface area contributed by atoms with E-state index in [-0.39, 0.29) is 0 Å². The van der Waals surface area contributed by atoms with Gasteiger partial charge in [-0.05, 0) is 75.0 Å². The smallest absolute Gasteiger partial charge is 0.122 e. The molecule has 1 aliphatic rings. The van der Waals surface area contributed by atoms with Crippen LogP contribution in [0.1, 0.15) is 42.4 Å².